The summed E-state index contributed by atoms with van der Waals surface area (Å²) in [7, 11) is 0. The molecule has 88 valence electrons. The van der Waals surface area contributed by atoms with E-state index in [-0.39, 0.29) is 6.61 Å². The van der Waals surface area contributed by atoms with E-state index >= 15 is 0 Å². The van der Waals surface area contributed by atoms with Crippen LogP contribution in [0.3, 0.4) is 0 Å². The first-order valence-corrected chi connectivity index (χ1v) is 5.13. The molecule has 0 aliphatic heterocycles. The van der Waals surface area contributed by atoms with Crippen molar-refractivity contribution in [2.24, 2.45) is 5.84 Å². The first kappa shape index (κ1) is 11.4. The molecule has 0 aliphatic carbocycles. The highest BCUT2D eigenvalue weighted by Gasteiger charge is 2.03. The van der Waals surface area contributed by atoms with Gasteiger partial charge in [0.15, 0.2) is 0 Å². The molecule has 17 heavy (non-hydrogen) atoms. The molecule has 0 saturated carbocycles. The van der Waals surface area contributed by atoms with Crippen molar-refractivity contribution in [1.82, 2.24) is 4.98 Å². The maximum atomic E-state index is 9.17. The van der Waals surface area contributed by atoms with Gasteiger partial charge in [0.1, 0.15) is 17.3 Å². The average Bonchev–Trinajstić information content (AvgIpc) is 2.39. The van der Waals surface area contributed by atoms with Crippen molar-refractivity contribution in [3.63, 3.8) is 0 Å². The van der Waals surface area contributed by atoms with Crippen LogP contribution < -0.4 is 16.0 Å². The molecule has 2 rings (SSSR count). The topological polar surface area (TPSA) is 80.4 Å². The van der Waals surface area contributed by atoms with Crippen LogP contribution in [-0.4, -0.2) is 10.1 Å². The number of pyridine rings is 1. The van der Waals surface area contributed by atoms with Gasteiger partial charge in [0.2, 0.25) is 0 Å². The zero-order valence-corrected chi connectivity index (χ0v) is 9.13. The number of hydrogen-bond donors (Lipinski definition) is 3. The van der Waals surface area contributed by atoms with Crippen molar-refractivity contribution in [3.05, 3.63) is 48.2 Å². The van der Waals surface area contributed by atoms with Crippen LogP contribution >= 0.6 is 0 Å². The summed E-state index contributed by atoms with van der Waals surface area (Å²) < 4.78 is 5.65. The molecule has 0 spiro atoms. The molecule has 1 aromatic heterocycles. The quantitative estimate of drug-likeness (QED) is 0.550. The van der Waals surface area contributed by atoms with Crippen LogP contribution in [0, 0.1) is 0 Å². The van der Waals surface area contributed by atoms with E-state index in [1.165, 1.54) is 0 Å². The summed E-state index contributed by atoms with van der Waals surface area (Å²) in [5.41, 5.74) is 3.17. The van der Waals surface area contributed by atoms with Gasteiger partial charge in [-0.25, -0.2) is 10.8 Å². The number of nitrogens with one attached hydrogen (secondary N) is 1. The largest absolute Gasteiger partial charge is 0.457 e. The fourth-order valence-electron chi connectivity index (χ4n) is 1.41. The van der Waals surface area contributed by atoms with E-state index in [1.807, 2.05) is 12.1 Å². The van der Waals surface area contributed by atoms with Gasteiger partial charge < -0.3 is 15.3 Å². The van der Waals surface area contributed by atoms with E-state index in [1.54, 1.807) is 30.5 Å². The van der Waals surface area contributed by atoms with E-state index in [0.29, 0.717) is 17.3 Å². The number of hydrazine groups is 1. The number of aromatic nitrogens is 1. The summed E-state index contributed by atoms with van der Waals surface area (Å²) in [5, 5.41) is 9.17. The van der Waals surface area contributed by atoms with Crippen molar-refractivity contribution in [1.29, 1.82) is 0 Å². The predicted octanol–water partition coefficient (Wildman–Crippen LogP) is 1.65. The van der Waals surface area contributed by atoms with Crippen molar-refractivity contribution in [2.45, 2.75) is 6.61 Å². The Labute approximate surface area is 98.8 Å². The Balaban J connectivity index is 2.24. The van der Waals surface area contributed by atoms with Crippen LogP contribution in [0.15, 0.2) is 42.6 Å². The van der Waals surface area contributed by atoms with Crippen LogP contribution in [0.5, 0.6) is 11.5 Å². The lowest BCUT2D eigenvalue weighted by Crippen LogP contribution is -2.08. The van der Waals surface area contributed by atoms with Gasteiger partial charge in [0.25, 0.3) is 0 Å². The number of hydrogen-bond acceptors (Lipinski definition) is 5. The van der Waals surface area contributed by atoms with E-state index in [2.05, 4.69) is 10.4 Å². The number of para-hydroxylation sites is 1. The standard InChI is InChI=1S/C12H13N3O2/c13-15-12-7-10(5-6-14-12)17-11-4-2-1-3-9(11)8-16/h1-7,16H,8,13H2,(H,14,15). The minimum Gasteiger partial charge on any atom is -0.457 e. The summed E-state index contributed by atoms with van der Waals surface area (Å²) in [4.78, 5) is 3.98. The second kappa shape index (κ2) is 5.29. The number of aliphatic hydroxyl groups excluding tert-OH is 1. The Hall–Kier alpha value is -2.11. The lowest BCUT2D eigenvalue weighted by Gasteiger charge is -2.09. The van der Waals surface area contributed by atoms with Gasteiger partial charge in [0, 0.05) is 17.8 Å². The molecule has 5 nitrogen and oxygen atoms in total. The normalized spacial score (nSPS) is 10.0. The Morgan fingerprint density at radius 1 is 1.29 bits per heavy atom. The minimum atomic E-state index is -0.0662. The van der Waals surface area contributed by atoms with Gasteiger partial charge in [-0.2, -0.15) is 0 Å². The fourth-order valence-corrected chi connectivity index (χ4v) is 1.41. The van der Waals surface area contributed by atoms with Crippen LogP contribution in [0.2, 0.25) is 0 Å². The average molecular weight is 231 g/mol. The molecule has 0 aliphatic rings. The molecular formula is C12H13N3O2. The number of nitrogens with two attached hydrogens (primary N) is 1. The summed E-state index contributed by atoms with van der Waals surface area (Å²) in [6.07, 6.45) is 1.59. The molecule has 0 fully saturated rings. The van der Waals surface area contributed by atoms with Crippen LogP contribution in [-0.2, 0) is 6.61 Å². The Bertz CT molecular complexity index is 503. The summed E-state index contributed by atoms with van der Waals surface area (Å²) in [6.45, 7) is -0.0662. The van der Waals surface area contributed by atoms with Crippen LogP contribution in [0.1, 0.15) is 5.56 Å². The third kappa shape index (κ3) is 2.72. The smallest absolute Gasteiger partial charge is 0.143 e. The molecule has 2 aromatic rings. The Morgan fingerprint density at radius 2 is 2.12 bits per heavy atom. The van der Waals surface area contributed by atoms with Gasteiger partial charge in [-0.05, 0) is 12.1 Å². The lowest BCUT2D eigenvalue weighted by molar-refractivity contribution is 0.276. The Kier molecular flexibility index (Phi) is 3.54. The Morgan fingerprint density at radius 3 is 2.88 bits per heavy atom. The first-order chi connectivity index (χ1) is 8.33. The second-order valence-corrected chi connectivity index (χ2v) is 3.39. The number of benzene rings is 1. The van der Waals surface area contributed by atoms with E-state index in [4.69, 9.17) is 10.6 Å². The molecule has 0 bridgehead atoms. The molecule has 4 N–H and O–H groups in total. The third-order valence-corrected chi connectivity index (χ3v) is 2.25. The molecule has 0 saturated heterocycles. The molecule has 0 radical (unpaired) electrons. The number of anilines is 1. The van der Waals surface area contributed by atoms with Crippen LogP contribution in [0.25, 0.3) is 0 Å². The van der Waals surface area contributed by atoms with Gasteiger partial charge in [-0.15, -0.1) is 0 Å². The van der Waals surface area contributed by atoms with Crippen molar-refractivity contribution in [2.75, 3.05) is 5.43 Å². The molecular weight excluding hydrogens is 218 g/mol. The van der Waals surface area contributed by atoms with Gasteiger partial charge in [-0.3, -0.25) is 0 Å². The van der Waals surface area contributed by atoms with Gasteiger partial charge in [-0.1, -0.05) is 18.2 Å². The zero-order chi connectivity index (χ0) is 12.1. The zero-order valence-electron chi connectivity index (χ0n) is 9.13. The summed E-state index contributed by atoms with van der Waals surface area (Å²) in [6, 6.07) is 10.7. The highest BCUT2D eigenvalue weighted by molar-refractivity contribution is 5.43. The van der Waals surface area contributed by atoms with Gasteiger partial charge >= 0.3 is 0 Å². The van der Waals surface area contributed by atoms with Crippen molar-refractivity contribution < 1.29 is 9.84 Å². The van der Waals surface area contributed by atoms with Gasteiger partial charge in [0.05, 0.1) is 6.61 Å². The number of aliphatic hydroxyl groups is 1. The molecule has 1 aromatic carbocycles. The number of nitrogens with zero attached hydrogens (tertiary/aromatic N) is 1. The maximum absolute atomic E-state index is 9.17. The molecule has 1 heterocycles. The lowest BCUT2D eigenvalue weighted by atomic mass is 10.2. The van der Waals surface area contributed by atoms with E-state index in [9.17, 15) is 5.11 Å². The van der Waals surface area contributed by atoms with Crippen molar-refractivity contribution in [3.8, 4) is 11.5 Å². The van der Waals surface area contributed by atoms with Crippen molar-refractivity contribution >= 4 is 5.82 Å². The number of rotatable bonds is 4. The fraction of sp³-hybridized carbons (Fsp3) is 0.0833. The molecule has 5 heteroatoms. The highest BCUT2D eigenvalue weighted by atomic mass is 16.5. The monoisotopic (exact) mass is 231 g/mol. The maximum Gasteiger partial charge on any atom is 0.143 e. The van der Waals surface area contributed by atoms with Crippen LogP contribution in [0.4, 0.5) is 5.82 Å². The molecule has 0 amide bonds. The summed E-state index contributed by atoms with van der Waals surface area (Å²) >= 11 is 0. The number of ether oxygens (including phenoxy) is 1. The predicted molar refractivity (Wildman–Crippen MR) is 64.5 cm³/mol. The minimum absolute atomic E-state index is 0.0662. The third-order valence-electron chi connectivity index (χ3n) is 2.25. The first-order valence-electron chi connectivity index (χ1n) is 5.13. The molecule has 0 unspecified atom stereocenters. The van der Waals surface area contributed by atoms with E-state index in [0.717, 1.165) is 5.56 Å². The number of nitrogen functional groups attached to an aromatic ring is 1. The highest BCUT2D eigenvalue weighted by Crippen LogP contribution is 2.25. The van der Waals surface area contributed by atoms with E-state index < -0.39 is 0 Å². The molecule has 0 atom stereocenters. The second-order valence-electron chi connectivity index (χ2n) is 3.39. The SMILES string of the molecule is NNc1cc(Oc2ccccc2CO)ccn1. The summed E-state index contributed by atoms with van der Waals surface area (Å²) in [5.74, 6) is 7.00.